The molecule has 0 amide bonds. The lowest BCUT2D eigenvalue weighted by Crippen LogP contribution is -2.19. The highest BCUT2D eigenvalue weighted by Crippen LogP contribution is 2.34. The highest BCUT2D eigenvalue weighted by atomic mass is 79.9. The fraction of sp³-hybridized carbons (Fsp3) is 0.455. The van der Waals surface area contributed by atoms with Crippen molar-refractivity contribution in [2.75, 3.05) is 5.88 Å². The van der Waals surface area contributed by atoms with Crippen molar-refractivity contribution >= 4 is 27.5 Å². The molecule has 2 nitrogen and oxygen atoms in total. The summed E-state index contributed by atoms with van der Waals surface area (Å²) in [4.78, 5) is 0. The number of hydrogen-bond donors (Lipinski definition) is 2. The number of hydrogen-bond acceptors (Lipinski definition) is 2. The van der Waals surface area contributed by atoms with Crippen LogP contribution in [0.1, 0.15) is 23.7 Å². The fourth-order valence-electron chi connectivity index (χ4n) is 1.42. The molecule has 1 rings (SSSR count). The molecule has 0 aliphatic rings. The summed E-state index contributed by atoms with van der Waals surface area (Å²) in [5.74, 6) is 0.149. The molecular weight excluding hydrogens is 336 g/mol. The van der Waals surface area contributed by atoms with Gasteiger partial charge in [0.05, 0.1) is 11.7 Å². The van der Waals surface area contributed by atoms with Gasteiger partial charge in [-0.3, -0.25) is 0 Å². The van der Waals surface area contributed by atoms with Gasteiger partial charge in [0, 0.05) is 10.4 Å². The largest absolute Gasteiger partial charge is 0.416 e. The molecule has 0 aliphatic carbocycles. The molecule has 1 aromatic rings. The Hall–Kier alpha value is -0.300. The highest BCUT2D eigenvalue weighted by molar-refractivity contribution is 9.10. The summed E-state index contributed by atoms with van der Waals surface area (Å²) in [6, 6.07) is 2.86. The van der Waals surface area contributed by atoms with E-state index in [1.165, 1.54) is 0 Å². The molecule has 0 aromatic heterocycles. The van der Waals surface area contributed by atoms with Gasteiger partial charge in [-0.05, 0) is 24.1 Å². The second kappa shape index (κ2) is 6.23. The van der Waals surface area contributed by atoms with Crippen LogP contribution in [0.4, 0.5) is 13.2 Å². The number of aliphatic hydroxyl groups excluding tert-OH is 2. The summed E-state index contributed by atoms with van der Waals surface area (Å²) < 4.78 is 37.4. The molecule has 102 valence electrons. The van der Waals surface area contributed by atoms with Crippen molar-refractivity contribution in [2.24, 2.45) is 0 Å². The lowest BCUT2D eigenvalue weighted by molar-refractivity contribution is -0.137. The Morgan fingerprint density at radius 3 is 2.33 bits per heavy atom. The third-order valence-corrected chi connectivity index (χ3v) is 3.32. The van der Waals surface area contributed by atoms with Crippen molar-refractivity contribution in [1.29, 1.82) is 0 Å². The third kappa shape index (κ3) is 3.85. The smallest absolute Gasteiger partial charge is 0.390 e. The molecule has 0 saturated carbocycles. The van der Waals surface area contributed by atoms with Gasteiger partial charge in [0.2, 0.25) is 0 Å². The van der Waals surface area contributed by atoms with Gasteiger partial charge in [0.1, 0.15) is 6.10 Å². The molecule has 0 saturated heterocycles. The normalized spacial score (nSPS) is 15.5. The first-order valence-electron chi connectivity index (χ1n) is 5.06. The van der Waals surface area contributed by atoms with Gasteiger partial charge in [-0.25, -0.2) is 0 Å². The summed E-state index contributed by atoms with van der Waals surface area (Å²) in [5.41, 5.74) is -0.627. The van der Waals surface area contributed by atoms with Gasteiger partial charge >= 0.3 is 6.18 Å². The molecule has 1 aromatic carbocycles. The van der Waals surface area contributed by atoms with Gasteiger partial charge < -0.3 is 10.2 Å². The first kappa shape index (κ1) is 15.8. The maximum Gasteiger partial charge on any atom is 0.416 e. The Labute approximate surface area is 116 Å². The zero-order valence-corrected chi connectivity index (χ0v) is 11.4. The summed E-state index contributed by atoms with van der Waals surface area (Å²) in [7, 11) is 0. The molecule has 0 heterocycles. The van der Waals surface area contributed by atoms with E-state index in [2.05, 4.69) is 15.9 Å². The predicted octanol–water partition coefficient (Wildman–Crippen LogP) is 3.49. The zero-order valence-electron chi connectivity index (χ0n) is 9.09. The van der Waals surface area contributed by atoms with Crippen LogP contribution in [0.2, 0.25) is 0 Å². The lowest BCUT2D eigenvalue weighted by Gasteiger charge is -2.19. The molecule has 0 spiro atoms. The molecule has 2 unspecified atom stereocenters. The van der Waals surface area contributed by atoms with Crippen molar-refractivity contribution in [3.05, 3.63) is 33.8 Å². The van der Waals surface area contributed by atoms with Crippen LogP contribution in [0, 0.1) is 0 Å². The standard InChI is InChI=1S/C11H11BrClF3O2/c12-8-5-6(11(14,15)16)1-2-7(8)10(18)9(17)3-4-13/h1-2,5,9-10,17-18H,3-4H2. The van der Waals surface area contributed by atoms with Crippen molar-refractivity contribution in [3.63, 3.8) is 0 Å². The van der Waals surface area contributed by atoms with Crippen molar-refractivity contribution < 1.29 is 23.4 Å². The van der Waals surface area contributed by atoms with Gasteiger partial charge in [-0.1, -0.05) is 22.0 Å². The maximum atomic E-state index is 12.4. The van der Waals surface area contributed by atoms with Gasteiger partial charge in [0.15, 0.2) is 0 Å². The quantitative estimate of drug-likeness (QED) is 0.819. The molecule has 18 heavy (non-hydrogen) atoms. The topological polar surface area (TPSA) is 40.5 Å². The average molecular weight is 348 g/mol. The number of alkyl halides is 4. The highest BCUT2D eigenvalue weighted by Gasteiger charge is 2.31. The molecular formula is C11H11BrClF3O2. The molecule has 7 heteroatoms. The van der Waals surface area contributed by atoms with E-state index in [9.17, 15) is 23.4 Å². The SMILES string of the molecule is OC(CCCl)C(O)c1ccc(C(F)(F)F)cc1Br. The van der Waals surface area contributed by atoms with Crippen molar-refractivity contribution in [2.45, 2.75) is 24.8 Å². The predicted molar refractivity (Wildman–Crippen MR) is 65.4 cm³/mol. The monoisotopic (exact) mass is 346 g/mol. The summed E-state index contributed by atoms with van der Waals surface area (Å²) >= 11 is 8.38. The van der Waals surface area contributed by atoms with Gasteiger partial charge in [0.25, 0.3) is 0 Å². The average Bonchev–Trinajstić information content (AvgIpc) is 2.27. The van der Waals surface area contributed by atoms with Crippen molar-refractivity contribution in [1.82, 2.24) is 0 Å². The van der Waals surface area contributed by atoms with Crippen LogP contribution < -0.4 is 0 Å². The van der Waals surface area contributed by atoms with Gasteiger partial charge in [-0.15, -0.1) is 11.6 Å². The number of rotatable bonds is 4. The van der Waals surface area contributed by atoms with Crippen LogP contribution in [0.3, 0.4) is 0 Å². The molecule has 2 atom stereocenters. The lowest BCUT2D eigenvalue weighted by atomic mass is 10.0. The Morgan fingerprint density at radius 2 is 1.89 bits per heavy atom. The minimum Gasteiger partial charge on any atom is -0.390 e. The van der Waals surface area contributed by atoms with Crippen LogP contribution in [0.15, 0.2) is 22.7 Å². The second-order valence-electron chi connectivity index (χ2n) is 3.72. The Balaban J connectivity index is 2.99. The van der Waals surface area contributed by atoms with E-state index >= 15 is 0 Å². The maximum absolute atomic E-state index is 12.4. The van der Waals surface area contributed by atoms with Crippen LogP contribution in [0.5, 0.6) is 0 Å². The summed E-state index contributed by atoms with van der Waals surface area (Å²) in [6.45, 7) is 0. The number of halogens is 5. The first-order valence-corrected chi connectivity index (χ1v) is 6.39. The van der Waals surface area contributed by atoms with Crippen LogP contribution in [-0.4, -0.2) is 22.2 Å². The molecule has 0 aliphatic heterocycles. The molecule has 0 radical (unpaired) electrons. The number of benzene rings is 1. The van der Waals surface area contributed by atoms with Crippen LogP contribution in [0.25, 0.3) is 0 Å². The summed E-state index contributed by atoms with van der Waals surface area (Å²) in [5, 5.41) is 19.3. The van der Waals surface area contributed by atoms with E-state index in [0.717, 1.165) is 18.2 Å². The minimum atomic E-state index is -4.44. The Morgan fingerprint density at radius 1 is 1.28 bits per heavy atom. The number of aliphatic hydroxyl groups is 2. The second-order valence-corrected chi connectivity index (χ2v) is 4.96. The first-order chi connectivity index (χ1) is 8.27. The molecule has 0 bridgehead atoms. The van der Waals surface area contributed by atoms with Crippen molar-refractivity contribution in [3.8, 4) is 0 Å². The Bertz CT molecular complexity index is 412. The van der Waals surface area contributed by atoms with E-state index in [1.807, 2.05) is 0 Å². The van der Waals surface area contributed by atoms with E-state index < -0.39 is 23.9 Å². The van der Waals surface area contributed by atoms with E-state index in [0.29, 0.717) is 0 Å². The fourth-order valence-corrected chi connectivity index (χ4v) is 2.26. The van der Waals surface area contributed by atoms with E-state index in [-0.39, 0.29) is 22.3 Å². The third-order valence-electron chi connectivity index (χ3n) is 2.42. The summed E-state index contributed by atoms with van der Waals surface area (Å²) in [6.07, 6.45) is -6.69. The Kier molecular flexibility index (Phi) is 5.46. The van der Waals surface area contributed by atoms with E-state index in [4.69, 9.17) is 11.6 Å². The zero-order chi connectivity index (χ0) is 13.9. The minimum absolute atomic E-state index is 0.0958. The van der Waals surface area contributed by atoms with Crippen LogP contribution in [-0.2, 0) is 6.18 Å². The van der Waals surface area contributed by atoms with E-state index in [1.54, 1.807) is 0 Å². The molecule has 2 N–H and O–H groups in total. The van der Waals surface area contributed by atoms with Gasteiger partial charge in [-0.2, -0.15) is 13.2 Å². The molecule has 0 fully saturated rings. The van der Waals surface area contributed by atoms with Crippen LogP contribution >= 0.6 is 27.5 Å².